The summed E-state index contributed by atoms with van der Waals surface area (Å²) in [6.07, 6.45) is 8.53. The number of aliphatic hydroxyl groups is 1. The third-order valence-corrected chi connectivity index (χ3v) is 3.42. The Balaban J connectivity index is 1.91. The number of aliphatic hydroxyl groups excluding tert-OH is 1. The van der Waals surface area contributed by atoms with Gasteiger partial charge in [0.2, 0.25) is 0 Å². The molecule has 2 heterocycles. The third-order valence-electron chi connectivity index (χ3n) is 3.42. The standard InChI is InChI=1S/C20H19N3O2/c1-3-7-17(10-14(2)24)25-19-13-22-20-18(19)11-16(12-21-20)23-15-8-5-4-6-9-15/h3-13,23-24H,2H2,1H3,(H,21,22)/b7-3-,17-10+. The Morgan fingerprint density at radius 3 is 2.80 bits per heavy atom. The van der Waals surface area contributed by atoms with E-state index in [1.165, 1.54) is 6.08 Å². The summed E-state index contributed by atoms with van der Waals surface area (Å²) in [4.78, 5) is 7.49. The molecule has 3 rings (SSSR count). The Morgan fingerprint density at radius 2 is 2.08 bits per heavy atom. The minimum absolute atomic E-state index is 0.0718. The number of fused-ring (bicyclic) bond motifs is 1. The topological polar surface area (TPSA) is 70.2 Å². The van der Waals surface area contributed by atoms with Crippen LogP contribution in [0.3, 0.4) is 0 Å². The van der Waals surface area contributed by atoms with Crippen LogP contribution >= 0.6 is 0 Å². The molecule has 3 N–H and O–H groups in total. The molecule has 0 saturated carbocycles. The van der Waals surface area contributed by atoms with Gasteiger partial charge in [-0.25, -0.2) is 4.98 Å². The predicted octanol–water partition coefficient (Wildman–Crippen LogP) is 5.22. The Hall–Kier alpha value is -3.47. The van der Waals surface area contributed by atoms with Gasteiger partial charge >= 0.3 is 0 Å². The van der Waals surface area contributed by atoms with Crippen molar-refractivity contribution in [2.45, 2.75) is 6.92 Å². The largest absolute Gasteiger partial charge is 0.508 e. The molecule has 5 heteroatoms. The van der Waals surface area contributed by atoms with Gasteiger partial charge in [-0.2, -0.15) is 0 Å². The molecule has 25 heavy (non-hydrogen) atoms. The van der Waals surface area contributed by atoms with Gasteiger partial charge in [0.15, 0.2) is 5.75 Å². The summed E-state index contributed by atoms with van der Waals surface area (Å²) < 4.78 is 5.88. The van der Waals surface area contributed by atoms with E-state index in [1.807, 2.05) is 49.4 Å². The van der Waals surface area contributed by atoms with Crippen LogP contribution in [0.25, 0.3) is 11.0 Å². The lowest BCUT2D eigenvalue weighted by Gasteiger charge is -2.08. The van der Waals surface area contributed by atoms with Gasteiger partial charge in [-0.3, -0.25) is 0 Å². The van der Waals surface area contributed by atoms with Crippen LogP contribution in [-0.2, 0) is 0 Å². The highest BCUT2D eigenvalue weighted by atomic mass is 16.5. The van der Waals surface area contributed by atoms with Crippen LogP contribution in [0.4, 0.5) is 11.4 Å². The van der Waals surface area contributed by atoms with Crippen molar-refractivity contribution >= 4 is 22.4 Å². The number of hydrogen-bond donors (Lipinski definition) is 3. The van der Waals surface area contributed by atoms with Crippen LogP contribution in [0.2, 0.25) is 0 Å². The Labute approximate surface area is 146 Å². The first-order chi connectivity index (χ1) is 12.2. The molecule has 0 fully saturated rings. The third kappa shape index (κ3) is 4.09. The monoisotopic (exact) mass is 333 g/mol. The molecule has 0 saturated heterocycles. The van der Waals surface area contributed by atoms with E-state index in [2.05, 4.69) is 21.9 Å². The first-order valence-electron chi connectivity index (χ1n) is 7.85. The zero-order valence-electron chi connectivity index (χ0n) is 13.9. The van der Waals surface area contributed by atoms with Gasteiger partial charge in [-0.05, 0) is 31.2 Å². The minimum Gasteiger partial charge on any atom is -0.508 e. The maximum Gasteiger partial charge on any atom is 0.154 e. The number of H-pyrrole nitrogens is 1. The fourth-order valence-corrected chi connectivity index (χ4v) is 2.39. The molecule has 0 aliphatic heterocycles. The average molecular weight is 333 g/mol. The molecular weight excluding hydrogens is 314 g/mol. The molecule has 0 atom stereocenters. The highest BCUT2D eigenvalue weighted by molar-refractivity contribution is 5.86. The molecule has 126 valence electrons. The van der Waals surface area contributed by atoms with Crippen LogP contribution in [0.1, 0.15) is 6.92 Å². The van der Waals surface area contributed by atoms with Crippen molar-refractivity contribution in [1.82, 2.24) is 9.97 Å². The van der Waals surface area contributed by atoms with Crippen LogP contribution < -0.4 is 10.1 Å². The highest BCUT2D eigenvalue weighted by Crippen LogP contribution is 2.29. The van der Waals surface area contributed by atoms with E-state index >= 15 is 0 Å². The number of hydrogen-bond acceptors (Lipinski definition) is 4. The molecule has 0 amide bonds. The molecule has 1 aromatic carbocycles. The van der Waals surface area contributed by atoms with E-state index in [9.17, 15) is 5.11 Å². The Kier molecular flexibility index (Phi) is 4.85. The van der Waals surface area contributed by atoms with Crippen molar-refractivity contribution in [3.05, 3.63) is 85.1 Å². The van der Waals surface area contributed by atoms with Crippen molar-refractivity contribution in [1.29, 1.82) is 0 Å². The van der Waals surface area contributed by atoms with Gasteiger partial charge in [0.05, 0.1) is 17.3 Å². The molecule has 0 spiro atoms. The quantitative estimate of drug-likeness (QED) is 0.427. The second-order valence-corrected chi connectivity index (χ2v) is 5.40. The number of ether oxygens (including phenoxy) is 1. The van der Waals surface area contributed by atoms with Gasteiger partial charge < -0.3 is 20.1 Å². The average Bonchev–Trinajstić information content (AvgIpc) is 2.98. The summed E-state index contributed by atoms with van der Waals surface area (Å²) in [5, 5.41) is 13.5. The molecule has 0 bridgehead atoms. The van der Waals surface area contributed by atoms with E-state index in [0.29, 0.717) is 11.5 Å². The lowest BCUT2D eigenvalue weighted by molar-refractivity contribution is 0.415. The maximum absolute atomic E-state index is 9.38. The van der Waals surface area contributed by atoms with Crippen LogP contribution in [0.5, 0.6) is 5.75 Å². The lowest BCUT2D eigenvalue weighted by Crippen LogP contribution is -1.94. The number of allylic oxidation sites excluding steroid dienone is 3. The number of para-hydroxylation sites is 1. The zero-order chi connectivity index (χ0) is 17.6. The van der Waals surface area contributed by atoms with Crippen LogP contribution in [0.15, 0.2) is 85.1 Å². The normalized spacial score (nSPS) is 11.8. The van der Waals surface area contributed by atoms with Gasteiger partial charge in [0.1, 0.15) is 17.2 Å². The molecule has 0 radical (unpaired) electrons. The number of benzene rings is 1. The highest BCUT2D eigenvalue weighted by Gasteiger charge is 2.09. The van der Waals surface area contributed by atoms with Crippen LogP contribution in [0, 0.1) is 0 Å². The predicted molar refractivity (Wildman–Crippen MR) is 101 cm³/mol. The fourth-order valence-electron chi connectivity index (χ4n) is 2.39. The first kappa shape index (κ1) is 16.4. The van der Waals surface area contributed by atoms with Crippen molar-refractivity contribution in [3.63, 3.8) is 0 Å². The first-order valence-corrected chi connectivity index (χ1v) is 7.85. The van der Waals surface area contributed by atoms with Gasteiger partial charge in [0, 0.05) is 18.0 Å². The van der Waals surface area contributed by atoms with Crippen molar-refractivity contribution in [3.8, 4) is 5.75 Å². The smallest absolute Gasteiger partial charge is 0.154 e. The summed E-state index contributed by atoms with van der Waals surface area (Å²) in [5.74, 6) is 1.03. The van der Waals surface area contributed by atoms with Crippen molar-refractivity contribution in [2.75, 3.05) is 5.32 Å². The Bertz CT molecular complexity index is 940. The van der Waals surface area contributed by atoms with Gasteiger partial charge in [-0.1, -0.05) is 30.9 Å². The number of aromatic amines is 1. The van der Waals surface area contributed by atoms with Gasteiger partial charge in [0.25, 0.3) is 0 Å². The number of nitrogens with zero attached hydrogens (tertiary/aromatic N) is 1. The van der Waals surface area contributed by atoms with Crippen molar-refractivity contribution < 1.29 is 9.84 Å². The van der Waals surface area contributed by atoms with E-state index < -0.39 is 0 Å². The minimum atomic E-state index is -0.0718. The summed E-state index contributed by atoms with van der Waals surface area (Å²) in [5.41, 5.74) is 2.55. The number of nitrogens with one attached hydrogen (secondary N) is 2. The lowest BCUT2D eigenvalue weighted by atomic mass is 10.2. The number of pyridine rings is 1. The zero-order valence-corrected chi connectivity index (χ0v) is 13.9. The molecule has 0 unspecified atom stereocenters. The molecule has 3 aromatic rings. The summed E-state index contributed by atoms with van der Waals surface area (Å²) in [6, 6.07) is 11.8. The summed E-state index contributed by atoms with van der Waals surface area (Å²) >= 11 is 0. The number of aromatic nitrogens is 2. The van der Waals surface area contributed by atoms with E-state index in [0.717, 1.165) is 22.4 Å². The maximum atomic E-state index is 9.38. The van der Waals surface area contributed by atoms with Crippen LogP contribution in [-0.4, -0.2) is 15.1 Å². The number of rotatable bonds is 6. The second-order valence-electron chi connectivity index (χ2n) is 5.40. The molecular formula is C20H19N3O2. The molecule has 0 aliphatic carbocycles. The summed E-state index contributed by atoms with van der Waals surface area (Å²) in [6.45, 7) is 5.34. The molecule has 2 aromatic heterocycles. The molecule has 0 aliphatic rings. The van der Waals surface area contributed by atoms with E-state index in [4.69, 9.17) is 4.74 Å². The van der Waals surface area contributed by atoms with Crippen molar-refractivity contribution in [2.24, 2.45) is 0 Å². The fraction of sp³-hybridized carbons (Fsp3) is 0.0500. The number of anilines is 2. The summed E-state index contributed by atoms with van der Waals surface area (Å²) in [7, 11) is 0. The van der Waals surface area contributed by atoms with E-state index in [-0.39, 0.29) is 5.76 Å². The second kappa shape index (κ2) is 7.40. The van der Waals surface area contributed by atoms with E-state index in [1.54, 1.807) is 18.5 Å². The van der Waals surface area contributed by atoms with Gasteiger partial charge in [-0.15, -0.1) is 0 Å². The molecule has 5 nitrogen and oxygen atoms in total. The SMILES string of the molecule is C=C(O)/C=C(\C=C/C)Oc1c[nH]c2ncc(Nc3ccccc3)cc12. The Morgan fingerprint density at radius 1 is 1.28 bits per heavy atom.